The summed E-state index contributed by atoms with van der Waals surface area (Å²) in [5.74, 6) is -1.39. The van der Waals surface area contributed by atoms with E-state index in [0.29, 0.717) is 17.9 Å². The Morgan fingerprint density at radius 3 is 2.23 bits per heavy atom. The van der Waals surface area contributed by atoms with Crippen molar-refractivity contribution in [2.24, 2.45) is 5.41 Å². The van der Waals surface area contributed by atoms with Crippen molar-refractivity contribution in [2.75, 3.05) is 26.2 Å². The molecule has 0 radical (unpaired) electrons. The first-order valence-electron chi connectivity index (χ1n) is 10.4. The van der Waals surface area contributed by atoms with E-state index in [1.54, 1.807) is 45.0 Å². The first-order chi connectivity index (χ1) is 14.1. The van der Waals surface area contributed by atoms with Gasteiger partial charge in [-0.1, -0.05) is 20.8 Å². The number of aliphatic carboxylic acids is 1. The minimum atomic E-state index is -1.14. The molecular formula is C22H33N3O5. The van der Waals surface area contributed by atoms with Gasteiger partial charge in [-0.25, -0.2) is 0 Å². The smallest absolute Gasteiger partial charge is 0.325 e. The van der Waals surface area contributed by atoms with Gasteiger partial charge >= 0.3 is 5.97 Å². The van der Waals surface area contributed by atoms with Crippen LogP contribution < -0.4 is 15.4 Å². The predicted octanol–water partition coefficient (Wildman–Crippen LogP) is 1.90. The standard InChI is InChI=1S/C22H33N3O5/c1-15(21(28)29)23-20(27)18(22(2,3)4)24-19(26)16-7-9-17(10-8-16)30-14-13-25-11-5-6-12-25/h7-10,15,18H,5-6,11-14H2,1-4H3,(H,23,27)(H,24,26)(H,28,29)/t15-,18+/m0/s1. The van der Waals surface area contributed by atoms with Crippen LogP contribution in [0.15, 0.2) is 24.3 Å². The molecule has 1 aromatic rings. The molecule has 1 aromatic carbocycles. The molecule has 1 fully saturated rings. The summed E-state index contributed by atoms with van der Waals surface area (Å²) in [4.78, 5) is 38.6. The van der Waals surface area contributed by atoms with E-state index in [4.69, 9.17) is 9.84 Å². The number of carbonyl (C=O) groups excluding carboxylic acids is 2. The van der Waals surface area contributed by atoms with Gasteiger partial charge in [0.1, 0.15) is 24.4 Å². The van der Waals surface area contributed by atoms with Gasteiger partial charge in [0.2, 0.25) is 5.91 Å². The van der Waals surface area contributed by atoms with Gasteiger partial charge in [-0.05, 0) is 62.5 Å². The molecule has 166 valence electrons. The van der Waals surface area contributed by atoms with E-state index in [0.717, 1.165) is 19.6 Å². The SMILES string of the molecule is C[C@H](NC(=O)[C@@H](NC(=O)c1ccc(OCCN2CCCC2)cc1)C(C)(C)C)C(=O)O. The third kappa shape index (κ3) is 7.02. The van der Waals surface area contributed by atoms with Crippen molar-refractivity contribution >= 4 is 17.8 Å². The van der Waals surface area contributed by atoms with Crippen LogP contribution in [0.4, 0.5) is 0 Å². The molecule has 1 aliphatic rings. The molecule has 0 saturated carbocycles. The Morgan fingerprint density at radius 1 is 1.10 bits per heavy atom. The monoisotopic (exact) mass is 419 g/mol. The first kappa shape index (κ1) is 23.7. The maximum atomic E-state index is 12.7. The minimum absolute atomic E-state index is 0.398. The highest BCUT2D eigenvalue weighted by molar-refractivity contribution is 5.98. The molecule has 2 amide bonds. The lowest BCUT2D eigenvalue weighted by atomic mass is 9.85. The van der Waals surface area contributed by atoms with Gasteiger partial charge < -0.3 is 20.5 Å². The lowest BCUT2D eigenvalue weighted by molar-refractivity contribution is -0.142. The number of rotatable bonds is 9. The highest BCUT2D eigenvalue weighted by Crippen LogP contribution is 2.21. The maximum Gasteiger partial charge on any atom is 0.325 e. The molecule has 8 heteroatoms. The Kier molecular flexibility index (Phi) is 8.23. The van der Waals surface area contributed by atoms with Gasteiger partial charge in [-0.2, -0.15) is 0 Å². The van der Waals surface area contributed by atoms with Crippen LogP contribution in [-0.2, 0) is 9.59 Å². The first-order valence-corrected chi connectivity index (χ1v) is 10.4. The molecule has 2 rings (SSSR count). The van der Waals surface area contributed by atoms with Gasteiger partial charge in [0.05, 0.1) is 0 Å². The fourth-order valence-corrected chi connectivity index (χ4v) is 3.25. The van der Waals surface area contributed by atoms with Crippen LogP contribution in [0.3, 0.4) is 0 Å². The number of carbonyl (C=O) groups is 3. The van der Waals surface area contributed by atoms with Crippen LogP contribution in [0.2, 0.25) is 0 Å². The van der Waals surface area contributed by atoms with E-state index in [9.17, 15) is 14.4 Å². The summed E-state index contributed by atoms with van der Waals surface area (Å²) in [6.07, 6.45) is 2.49. The van der Waals surface area contributed by atoms with Crippen LogP contribution in [0.25, 0.3) is 0 Å². The molecule has 8 nitrogen and oxygen atoms in total. The number of hydrogen-bond donors (Lipinski definition) is 3. The number of benzene rings is 1. The number of carboxylic acid groups (broad SMARTS) is 1. The minimum Gasteiger partial charge on any atom is -0.492 e. The number of hydrogen-bond acceptors (Lipinski definition) is 5. The van der Waals surface area contributed by atoms with E-state index >= 15 is 0 Å². The number of ether oxygens (including phenoxy) is 1. The number of carboxylic acids is 1. The summed E-state index contributed by atoms with van der Waals surface area (Å²) >= 11 is 0. The van der Waals surface area contributed by atoms with E-state index in [1.165, 1.54) is 19.8 Å². The molecular weight excluding hydrogens is 386 g/mol. The van der Waals surface area contributed by atoms with Crippen molar-refractivity contribution in [3.05, 3.63) is 29.8 Å². The van der Waals surface area contributed by atoms with Gasteiger partial charge in [0.15, 0.2) is 0 Å². The van der Waals surface area contributed by atoms with Crippen LogP contribution in [0.1, 0.15) is 50.9 Å². The summed E-state index contributed by atoms with van der Waals surface area (Å²) in [5, 5.41) is 14.2. The zero-order valence-corrected chi connectivity index (χ0v) is 18.2. The second kappa shape index (κ2) is 10.4. The molecule has 0 bridgehead atoms. The van der Waals surface area contributed by atoms with Crippen LogP contribution in [0, 0.1) is 5.41 Å². The Bertz CT molecular complexity index is 736. The summed E-state index contributed by atoms with van der Waals surface area (Å²) in [6, 6.07) is 4.84. The van der Waals surface area contributed by atoms with E-state index in [-0.39, 0.29) is 0 Å². The maximum absolute atomic E-state index is 12.7. The third-order valence-corrected chi connectivity index (χ3v) is 5.12. The van der Waals surface area contributed by atoms with E-state index in [2.05, 4.69) is 15.5 Å². The van der Waals surface area contributed by atoms with Gasteiger partial charge in [0.25, 0.3) is 5.91 Å². The lowest BCUT2D eigenvalue weighted by Gasteiger charge is -2.31. The fourth-order valence-electron chi connectivity index (χ4n) is 3.25. The molecule has 2 atom stereocenters. The Labute approximate surface area is 178 Å². The summed E-state index contributed by atoms with van der Waals surface area (Å²) < 4.78 is 5.75. The third-order valence-electron chi connectivity index (χ3n) is 5.12. The second-order valence-electron chi connectivity index (χ2n) is 8.76. The Balaban J connectivity index is 1.94. The number of likely N-dealkylation sites (tertiary alicyclic amines) is 1. The highest BCUT2D eigenvalue weighted by Gasteiger charge is 2.34. The molecule has 30 heavy (non-hydrogen) atoms. The van der Waals surface area contributed by atoms with Crippen molar-refractivity contribution < 1.29 is 24.2 Å². The van der Waals surface area contributed by atoms with Gasteiger partial charge in [-0.3, -0.25) is 19.3 Å². The quantitative estimate of drug-likeness (QED) is 0.564. The van der Waals surface area contributed by atoms with Crippen molar-refractivity contribution in [3.63, 3.8) is 0 Å². The van der Waals surface area contributed by atoms with Crippen molar-refractivity contribution in [1.29, 1.82) is 0 Å². The Hall–Kier alpha value is -2.61. The molecule has 0 aliphatic carbocycles. The average Bonchev–Trinajstić information content (AvgIpc) is 3.18. The van der Waals surface area contributed by atoms with Crippen LogP contribution in [0.5, 0.6) is 5.75 Å². The number of amides is 2. The molecule has 0 unspecified atom stereocenters. The molecule has 0 aromatic heterocycles. The second-order valence-corrected chi connectivity index (χ2v) is 8.76. The summed E-state index contributed by atoms with van der Waals surface area (Å²) in [5.41, 5.74) is -0.202. The summed E-state index contributed by atoms with van der Waals surface area (Å²) in [7, 11) is 0. The highest BCUT2D eigenvalue weighted by atomic mass is 16.5. The molecule has 3 N–H and O–H groups in total. The van der Waals surface area contributed by atoms with Crippen molar-refractivity contribution in [1.82, 2.24) is 15.5 Å². The number of nitrogens with zero attached hydrogens (tertiary/aromatic N) is 1. The predicted molar refractivity (Wildman–Crippen MR) is 114 cm³/mol. The number of nitrogens with one attached hydrogen (secondary N) is 2. The van der Waals surface area contributed by atoms with E-state index < -0.39 is 35.3 Å². The summed E-state index contributed by atoms with van der Waals surface area (Å²) in [6.45, 7) is 10.5. The topological polar surface area (TPSA) is 108 Å². The van der Waals surface area contributed by atoms with Crippen LogP contribution >= 0.6 is 0 Å². The average molecular weight is 420 g/mol. The van der Waals surface area contributed by atoms with Crippen LogP contribution in [-0.4, -0.2) is 66.1 Å². The molecule has 1 heterocycles. The van der Waals surface area contributed by atoms with Crippen molar-refractivity contribution in [3.8, 4) is 5.75 Å². The van der Waals surface area contributed by atoms with Gasteiger partial charge in [0, 0.05) is 12.1 Å². The van der Waals surface area contributed by atoms with Gasteiger partial charge in [-0.15, -0.1) is 0 Å². The lowest BCUT2D eigenvalue weighted by Crippen LogP contribution is -2.56. The largest absolute Gasteiger partial charge is 0.492 e. The van der Waals surface area contributed by atoms with E-state index in [1.807, 2.05) is 0 Å². The normalized spacial score (nSPS) is 16.5. The molecule has 1 saturated heterocycles. The fraction of sp³-hybridized carbons (Fsp3) is 0.591. The Morgan fingerprint density at radius 2 is 1.70 bits per heavy atom. The zero-order valence-electron chi connectivity index (χ0n) is 18.2. The zero-order chi connectivity index (χ0) is 22.3. The molecule has 1 aliphatic heterocycles. The van der Waals surface area contributed by atoms with Crippen molar-refractivity contribution in [2.45, 2.75) is 52.6 Å². The molecule has 0 spiro atoms.